The van der Waals surface area contributed by atoms with Gasteiger partial charge in [0.25, 0.3) is 5.91 Å². The monoisotopic (exact) mass is 430 g/mol. The third kappa shape index (κ3) is 6.06. The standard InChI is InChI=1S/C23H34N4O4/c1-14(2)19(26-21(30)17-7-5-16(6-8-17)20(24)25)23(3,4)22(31)27-11-9-15(10-12-27)13-18(28)29/h5-8,14-15,19H,9-13H2,1-4H3,(H3,24,25)(H,26,30)(H,28,29)/t19-/m1/s1. The third-order valence-corrected chi connectivity index (χ3v) is 6.11. The Bertz CT molecular complexity index is 824. The van der Waals surface area contributed by atoms with Crippen LogP contribution in [-0.2, 0) is 9.59 Å². The number of nitrogens with two attached hydrogens (primary N) is 1. The van der Waals surface area contributed by atoms with Gasteiger partial charge in [0.15, 0.2) is 0 Å². The van der Waals surface area contributed by atoms with Crippen molar-refractivity contribution >= 4 is 23.6 Å². The van der Waals surface area contributed by atoms with Gasteiger partial charge in [-0.25, -0.2) is 0 Å². The van der Waals surface area contributed by atoms with Crippen molar-refractivity contribution in [1.29, 1.82) is 5.41 Å². The Labute approximate surface area is 183 Å². The molecule has 0 bridgehead atoms. The van der Waals surface area contributed by atoms with Gasteiger partial charge in [0.2, 0.25) is 5.91 Å². The first-order chi connectivity index (χ1) is 14.4. The van der Waals surface area contributed by atoms with Gasteiger partial charge in [-0.3, -0.25) is 19.8 Å². The second-order valence-electron chi connectivity index (χ2n) is 9.24. The first-order valence-corrected chi connectivity index (χ1v) is 10.7. The van der Waals surface area contributed by atoms with Crippen LogP contribution in [0, 0.1) is 22.7 Å². The van der Waals surface area contributed by atoms with E-state index in [-0.39, 0.29) is 35.9 Å². The van der Waals surface area contributed by atoms with Crippen LogP contribution in [0.15, 0.2) is 24.3 Å². The number of hydrogen-bond acceptors (Lipinski definition) is 4. The fourth-order valence-electron chi connectivity index (χ4n) is 4.33. The summed E-state index contributed by atoms with van der Waals surface area (Å²) in [6.45, 7) is 8.71. The lowest BCUT2D eigenvalue weighted by molar-refractivity contribution is -0.144. The average Bonchev–Trinajstić information content (AvgIpc) is 2.71. The van der Waals surface area contributed by atoms with Crippen molar-refractivity contribution < 1.29 is 19.5 Å². The minimum absolute atomic E-state index is 0.0175. The van der Waals surface area contributed by atoms with E-state index in [0.29, 0.717) is 37.1 Å². The van der Waals surface area contributed by atoms with Gasteiger partial charge in [-0.05, 0) is 50.7 Å². The van der Waals surface area contributed by atoms with E-state index in [1.807, 2.05) is 27.7 Å². The molecule has 2 amide bonds. The molecule has 8 heteroatoms. The first kappa shape index (κ1) is 24.4. The summed E-state index contributed by atoms with van der Waals surface area (Å²) in [5.41, 5.74) is 5.61. The highest BCUT2D eigenvalue weighted by Gasteiger charge is 2.42. The molecule has 0 aliphatic carbocycles. The molecule has 5 N–H and O–H groups in total. The van der Waals surface area contributed by atoms with Crippen molar-refractivity contribution in [3.05, 3.63) is 35.4 Å². The van der Waals surface area contributed by atoms with E-state index in [2.05, 4.69) is 5.32 Å². The maximum atomic E-state index is 13.4. The summed E-state index contributed by atoms with van der Waals surface area (Å²) in [7, 11) is 0. The summed E-state index contributed by atoms with van der Waals surface area (Å²) in [4.78, 5) is 38.9. The number of nitrogen functional groups attached to an aromatic ring is 1. The predicted octanol–water partition coefficient (Wildman–Crippen LogP) is 2.46. The maximum absolute atomic E-state index is 13.4. The molecule has 2 rings (SSSR count). The second kappa shape index (κ2) is 9.94. The SMILES string of the molecule is CC(C)[C@@H](NC(=O)c1ccc(C(=N)N)cc1)C(C)(C)C(=O)N1CCC(CC(=O)O)CC1. The summed E-state index contributed by atoms with van der Waals surface area (Å²) in [6, 6.07) is 6.09. The maximum Gasteiger partial charge on any atom is 0.303 e. The van der Waals surface area contributed by atoms with Crippen LogP contribution in [0.2, 0.25) is 0 Å². The molecule has 1 heterocycles. The van der Waals surface area contributed by atoms with Gasteiger partial charge >= 0.3 is 5.97 Å². The van der Waals surface area contributed by atoms with Gasteiger partial charge in [0, 0.05) is 36.7 Å². The molecule has 1 fully saturated rings. The van der Waals surface area contributed by atoms with Crippen LogP contribution in [0.3, 0.4) is 0 Å². The summed E-state index contributed by atoms with van der Waals surface area (Å²) in [6.07, 6.45) is 1.49. The molecule has 1 aliphatic rings. The van der Waals surface area contributed by atoms with Gasteiger partial charge in [-0.1, -0.05) is 26.0 Å². The molecular weight excluding hydrogens is 396 g/mol. The molecule has 0 aromatic heterocycles. The molecule has 31 heavy (non-hydrogen) atoms. The van der Waals surface area contributed by atoms with E-state index < -0.39 is 17.4 Å². The fraction of sp³-hybridized carbons (Fsp3) is 0.565. The number of benzene rings is 1. The van der Waals surface area contributed by atoms with Gasteiger partial charge in [0.05, 0.1) is 5.41 Å². The number of carbonyl (C=O) groups excluding carboxylic acids is 2. The van der Waals surface area contributed by atoms with Crippen LogP contribution >= 0.6 is 0 Å². The molecule has 1 saturated heterocycles. The van der Waals surface area contributed by atoms with Crippen molar-refractivity contribution in [3.63, 3.8) is 0 Å². The van der Waals surface area contributed by atoms with Crippen molar-refractivity contribution in [2.24, 2.45) is 23.0 Å². The van der Waals surface area contributed by atoms with E-state index in [9.17, 15) is 14.4 Å². The van der Waals surface area contributed by atoms with Crippen LogP contribution in [0.1, 0.15) is 62.9 Å². The molecule has 1 aromatic carbocycles. The molecule has 8 nitrogen and oxygen atoms in total. The molecule has 0 unspecified atom stereocenters. The summed E-state index contributed by atoms with van der Waals surface area (Å²) in [5, 5.41) is 19.5. The zero-order chi connectivity index (χ0) is 23.3. The van der Waals surface area contributed by atoms with Crippen LogP contribution in [-0.4, -0.2) is 52.8 Å². The Hall–Kier alpha value is -2.90. The molecule has 1 atom stereocenters. The predicted molar refractivity (Wildman–Crippen MR) is 119 cm³/mol. The van der Waals surface area contributed by atoms with Gasteiger partial charge in [-0.15, -0.1) is 0 Å². The number of carboxylic acids is 1. The number of nitrogens with one attached hydrogen (secondary N) is 2. The minimum atomic E-state index is -0.831. The fourth-order valence-corrected chi connectivity index (χ4v) is 4.33. The number of nitrogens with zero attached hydrogens (tertiary/aromatic N) is 1. The highest BCUT2D eigenvalue weighted by atomic mass is 16.4. The van der Waals surface area contributed by atoms with E-state index in [4.69, 9.17) is 16.2 Å². The molecule has 0 spiro atoms. The summed E-state index contributed by atoms with van der Waals surface area (Å²) < 4.78 is 0. The number of piperidine rings is 1. The van der Waals surface area contributed by atoms with Gasteiger partial charge < -0.3 is 21.1 Å². The van der Waals surface area contributed by atoms with Crippen molar-refractivity contribution in [3.8, 4) is 0 Å². The molecule has 170 valence electrons. The smallest absolute Gasteiger partial charge is 0.303 e. The van der Waals surface area contributed by atoms with E-state index in [0.717, 1.165) is 0 Å². The number of amides is 2. The van der Waals surface area contributed by atoms with Crippen molar-refractivity contribution in [2.75, 3.05) is 13.1 Å². The molecular formula is C23H34N4O4. The lowest BCUT2D eigenvalue weighted by Gasteiger charge is -2.42. The van der Waals surface area contributed by atoms with Crippen LogP contribution in [0.4, 0.5) is 0 Å². The van der Waals surface area contributed by atoms with E-state index >= 15 is 0 Å². The number of carbonyl (C=O) groups is 3. The molecule has 0 saturated carbocycles. The number of hydrogen-bond donors (Lipinski definition) is 4. The molecule has 0 radical (unpaired) electrons. The van der Waals surface area contributed by atoms with Gasteiger partial charge in [0.1, 0.15) is 5.84 Å². The quantitative estimate of drug-likeness (QED) is 0.371. The third-order valence-electron chi connectivity index (χ3n) is 6.11. The highest BCUT2D eigenvalue weighted by Crippen LogP contribution is 2.31. The van der Waals surface area contributed by atoms with E-state index in [1.165, 1.54) is 0 Å². The summed E-state index contributed by atoms with van der Waals surface area (Å²) in [5.74, 6) is -1.07. The van der Waals surface area contributed by atoms with Crippen molar-refractivity contribution in [1.82, 2.24) is 10.2 Å². The Morgan fingerprint density at radius 3 is 2.13 bits per heavy atom. The Morgan fingerprint density at radius 2 is 1.68 bits per heavy atom. The molecule has 1 aliphatic heterocycles. The largest absolute Gasteiger partial charge is 0.481 e. The van der Waals surface area contributed by atoms with Gasteiger partial charge in [-0.2, -0.15) is 0 Å². The van der Waals surface area contributed by atoms with E-state index in [1.54, 1.807) is 29.2 Å². The average molecular weight is 431 g/mol. The van der Waals surface area contributed by atoms with Crippen LogP contribution in [0.25, 0.3) is 0 Å². The zero-order valence-corrected chi connectivity index (χ0v) is 18.8. The Kier molecular flexibility index (Phi) is 7.81. The normalized spacial score (nSPS) is 16.1. The zero-order valence-electron chi connectivity index (χ0n) is 18.8. The van der Waals surface area contributed by atoms with Crippen molar-refractivity contribution in [2.45, 2.75) is 53.0 Å². The number of amidine groups is 1. The van der Waals surface area contributed by atoms with Crippen LogP contribution < -0.4 is 11.1 Å². The number of aliphatic carboxylic acids is 1. The molecule has 1 aromatic rings. The highest BCUT2D eigenvalue weighted by molar-refractivity contribution is 5.98. The summed E-state index contributed by atoms with van der Waals surface area (Å²) >= 11 is 0. The van der Waals surface area contributed by atoms with Crippen LogP contribution in [0.5, 0.6) is 0 Å². The topological polar surface area (TPSA) is 137 Å². The second-order valence-corrected chi connectivity index (χ2v) is 9.24. The number of rotatable bonds is 8. The Morgan fingerprint density at radius 1 is 1.16 bits per heavy atom. The first-order valence-electron chi connectivity index (χ1n) is 10.7. The number of likely N-dealkylation sites (tertiary alicyclic amines) is 1. The lowest BCUT2D eigenvalue weighted by Crippen LogP contribution is -2.56. The minimum Gasteiger partial charge on any atom is -0.481 e. The Balaban J connectivity index is 2.09. The lowest BCUT2D eigenvalue weighted by atomic mass is 9.76. The number of carboxylic acid groups (broad SMARTS) is 1.